The zero-order valence-corrected chi connectivity index (χ0v) is 28.9. The number of fused-ring (bicyclic) bond motifs is 2. The van der Waals surface area contributed by atoms with Crippen LogP contribution in [0.1, 0.15) is 102 Å². The van der Waals surface area contributed by atoms with Crippen molar-refractivity contribution in [2.24, 2.45) is 41.4 Å². The van der Waals surface area contributed by atoms with E-state index in [1.54, 1.807) is 12.0 Å². The predicted octanol–water partition coefficient (Wildman–Crippen LogP) is 11.8. The second-order valence-corrected chi connectivity index (χ2v) is 16.9. The van der Waals surface area contributed by atoms with Crippen LogP contribution in [-0.4, -0.2) is 5.25 Å². The number of thioether (sulfide) groups is 1. The summed E-state index contributed by atoms with van der Waals surface area (Å²) < 4.78 is 0. The first-order chi connectivity index (χ1) is 17.0. The van der Waals surface area contributed by atoms with E-state index in [4.69, 9.17) is 17.0 Å². The summed E-state index contributed by atoms with van der Waals surface area (Å²) in [5.41, 5.74) is 4.63. The van der Waals surface area contributed by atoms with Crippen LogP contribution in [0.3, 0.4) is 0 Å². The third-order valence-corrected chi connectivity index (χ3v) is 11.5. The molecule has 37 heavy (non-hydrogen) atoms. The Morgan fingerprint density at radius 1 is 0.838 bits per heavy atom. The molecular weight excluding hydrogens is 591 g/mol. The molecule has 0 saturated heterocycles. The number of halogens is 2. The minimum atomic E-state index is -0.826. The topological polar surface area (TPSA) is 0 Å². The molecule has 0 amide bonds. The van der Waals surface area contributed by atoms with Crippen LogP contribution in [-0.2, 0) is 20.8 Å². The van der Waals surface area contributed by atoms with Gasteiger partial charge in [0, 0.05) is 5.25 Å². The number of benzene rings is 1. The Labute approximate surface area is 253 Å². The molecule has 0 bridgehead atoms. The number of rotatable bonds is 4. The van der Waals surface area contributed by atoms with Gasteiger partial charge < -0.3 is 14.9 Å². The van der Waals surface area contributed by atoms with Crippen molar-refractivity contribution in [3.8, 4) is 0 Å². The van der Waals surface area contributed by atoms with Gasteiger partial charge in [0.25, 0.3) is 0 Å². The summed E-state index contributed by atoms with van der Waals surface area (Å²) in [4.78, 5) is 0. The molecule has 208 valence electrons. The van der Waals surface area contributed by atoms with Gasteiger partial charge in [0.1, 0.15) is 0 Å². The molecule has 6 rings (SSSR count). The summed E-state index contributed by atoms with van der Waals surface area (Å²) in [7, 11) is 9.87. The van der Waals surface area contributed by atoms with E-state index < -0.39 is 20.8 Å². The van der Waals surface area contributed by atoms with Crippen molar-refractivity contribution < 1.29 is 20.8 Å². The van der Waals surface area contributed by atoms with E-state index in [2.05, 4.69) is 62.2 Å². The maximum atomic E-state index is 4.93. The first-order valence-electron chi connectivity index (χ1n) is 14.4. The van der Waals surface area contributed by atoms with Crippen LogP contribution in [0.2, 0.25) is 0 Å². The molecule has 8 atom stereocenters. The summed E-state index contributed by atoms with van der Waals surface area (Å²) in [6.07, 6.45) is 18.0. The summed E-state index contributed by atoms with van der Waals surface area (Å²) in [6, 6.07) is 9.04. The second kappa shape index (κ2) is 16.9. The Morgan fingerprint density at radius 3 is 2.08 bits per heavy atom. The third-order valence-electron chi connectivity index (χ3n) is 10.1. The molecule has 1 heterocycles. The van der Waals surface area contributed by atoms with Crippen LogP contribution in [0, 0.1) is 63.2 Å². The van der Waals surface area contributed by atoms with Gasteiger partial charge in [-0.25, -0.2) is 0 Å². The fraction of sp³-hybridized carbons (Fsp3) is 0.697. The van der Waals surface area contributed by atoms with Crippen molar-refractivity contribution in [2.75, 3.05) is 0 Å². The monoisotopic (exact) mass is 640 g/mol. The van der Waals surface area contributed by atoms with Crippen LogP contribution in [0.4, 0.5) is 0 Å². The fourth-order valence-corrected chi connectivity index (χ4v) is 9.64. The van der Waals surface area contributed by atoms with Gasteiger partial charge in [-0.3, -0.25) is 0 Å². The van der Waals surface area contributed by atoms with E-state index in [1.807, 2.05) is 0 Å². The van der Waals surface area contributed by atoms with Crippen molar-refractivity contribution >= 4 is 34.4 Å². The molecule has 0 spiro atoms. The first kappa shape index (κ1) is 34.0. The third kappa shape index (κ3) is 8.40. The van der Waals surface area contributed by atoms with Crippen LogP contribution in [0.5, 0.6) is 0 Å². The van der Waals surface area contributed by atoms with E-state index >= 15 is 0 Å². The van der Waals surface area contributed by atoms with Gasteiger partial charge in [-0.15, -0.1) is 11.8 Å². The Kier molecular flexibility index (Phi) is 15.5. The molecule has 1 aromatic carbocycles. The van der Waals surface area contributed by atoms with E-state index in [0.29, 0.717) is 0 Å². The summed E-state index contributed by atoms with van der Waals surface area (Å²) in [6.45, 7) is 7.42. The van der Waals surface area contributed by atoms with Crippen LogP contribution in [0.15, 0.2) is 29.7 Å². The fourth-order valence-electron chi connectivity index (χ4n) is 7.98. The Morgan fingerprint density at radius 2 is 1.43 bits per heavy atom. The van der Waals surface area contributed by atoms with Gasteiger partial charge in [0.15, 0.2) is 0 Å². The van der Waals surface area contributed by atoms with Gasteiger partial charge in [-0.05, 0) is 103 Å². The number of aryl methyl sites for hydroxylation is 1. The second-order valence-electron chi connectivity index (χ2n) is 12.1. The zero-order valence-electron chi connectivity index (χ0n) is 24.2. The molecule has 0 aromatic heterocycles. The van der Waals surface area contributed by atoms with E-state index in [1.165, 1.54) is 81.8 Å². The molecular formula is C33H52Cl2SZr. The molecule has 0 nitrogen and oxygen atoms in total. The van der Waals surface area contributed by atoms with Gasteiger partial charge in [0.05, 0.1) is 0 Å². The number of hydrogen-bond donors (Lipinski definition) is 0. The molecule has 8 unspecified atom stereocenters. The molecule has 5 aliphatic rings. The average molecular weight is 643 g/mol. The molecule has 4 fully saturated rings. The molecule has 4 saturated carbocycles. The maximum absolute atomic E-state index is 4.93. The number of allylic oxidation sites excluding steroid dienone is 1. The van der Waals surface area contributed by atoms with E-state index in [-0.39, 0.29) is 14.9 Å². The molecule has 1 aromatic rings. The Bertz CT molecular complexity index is 818. The molecule has 1 aliphatic heterocycles. The molecule has 4 aliphatic carbocycles. The van der Waals surface area contributed by atoms with Crippen molar-refractivity contribution in [2.45, 2.75) is 103 Å². The van der Waals surface area contributed by atoms with E-state index in [9.17, 15) is 0 Å². The zero-order chi connectivity index (χ0) is 24.8. The van der Waals surface area contributed by atoms with Crippen molar-refractivity contribution in [1.82, 2.24) is 0 Å². The van der Waals surface area contributed by atoms with Gasteiger partial charge in [0.2, 0.25) is 0 Å². The van der Waals surface area contributed by atoms with Gasteiger partial charge in [-0.1, -0.05) is 83.1 Å². The van der Waals surface area contributed by atoms with Crippen LogP contribution >= 0.6 is 28.8 Å². The molecule has 0 radical (unpaired) electrons. The SMILES string of the molecule is C1CCC1.Cc1ccccc1C1=CSC2C1CC(C)C2CCC1C(C)CC2CCCCC21.[CH3-].[CH3-].[Cl][Zr+2][Cl]. The molecule has 4 heteroatoms. The average Bonchev–Trinajstić information content (AvgIpc) is 3.43. The van der Waals surface area contributed by atoms with Crippen molar-refractivity contribution in [1.29, 1.82) is 0 Å². The van der Waals surface area contributed by atoms with E-state index in [0.717, 1.165) is 46.7 Å². The van der Waals surface area contributed by atoms with Gasteiger partial charge >= 0.3 is 37.9 Å². The summed E-state index contributed by atoms with van der Waals surface area (Å²) >= 11 is 1.35. The quantitative estimate of drug-likeness (QED) is 0.295. The first-order valence-corrected chi connectivity index (χ1v) is 21.7. The molecule has 0 N–H and O–H groups in total. The van der Waals surface area contributed by atoms with Gasteiger partial charge in [-0.2, -0.15) is 0 Å². The summed E-state index contributed by atoms with van der Waals surface area (Å²) in [5.74, 6) is 6.81. The Balaban J connectivity index is 0.000000473. The standard InChI is InChI=1S/C27H38S.C4H8.2CH3.2ClH.Zr/c1-17-8-4-6-10-21(17)26-16-28-27-23(19(3)15-25(26)27)13-12-22-18(2)14-20-9-5-7-11-24(20)22;1-2-4-3-1;;;;;/h4,6,8,10,16,18-20,22-25,27H,5,7,9,11-15H2,1-3H3;1-4H2;2*1H3;2*1H;/q;;2*-1;;;+4/p-2. The van der Waals surface area contributed by atoms with Crippen molar-refractivity contribution in [3.05, 3.63) is 55.7 Å². The van der Waals surface area contributed by atoms with Crippen LogP contribution in [0.25, 0.3) is 5.57 Å². The number of hydrogen-bond acceptors (Lipinski definition) is 1. The minimum absolute atomic E-state index is 0. The summed E-state index contributed by atoms with van der Waals surface area (Å²) in [5, 5.41) is 3.38. The normalized spacial score (nSPS) is 34.9. The van der Waals surface area contributed by atoms with Crippen LogP contribution < -0.4 is 0 Å². The Hall–Kier alpha value is 0.773. The predicted molar refractivity (Wildman–Crippen MR) is 166 cm³/mol. The van der Waals surface area contributed by atoms with Crippen molar-refractivity contribution in [3.63, 3.8) is 0 Å².